The van der Waals surface area contributed by atoms with Gasteiger partial charge in [-0.05, 0) is 123 Å². The smallest absolute Gasteiger partial charge is 0.313 e. The maximum absolute atomic E-state index is 12.5. The molecule has 2 nitrogen and oxygen atoms in total. The van der Waals surface area contributed by atoms with Crippen molar-refractivity contribution in [2.45, 2.75) is 124 Å². The fourth-order valence-corrected chi connectivity index (χ4v) is 10.6. The van der Waals surface area contributed by atoms with Crippen LogP contribution in [0.25, 0.3) is 0 Å². The van der Waals surface area contributed by atoms with Gasteiger partial charge in [0.15, 0.2) is 0 Å². The van der Waals surface area contributed by atoms with Crippen LogP contribution in [0.1, 0.15) is 130 Å². The van der Waals surface area contributed by atoms with E-state index in [1.54, 1.807) is 0 Å². The van der Waals surface area contributed by atoms with Gasteiger partial charge in [-0.2, -0.15) is 0 Å². The number of ether oxygens (including phenoxy) is 1. The first kappa shape index (κ1) is 28.2. The summed E-state index contributed by atoms with van der Waals surface area (Å²) in [5.74, 6) is 5.92. The molecule has 0 heterocycles. The minimum Gasteiger partial charge on any atom is -0.465 e. The molecule has 2 heteroatoms. The van der Waals surface area contributed by atoms with E-state index in [1.807, 2.05) is 37.3 Å². The predicted octanol–water partition coefficient (Wildman–Crippen LogP) is 9.82. The molecule has 0 aromatic heterocycles. The summed E-state index contributed by atoms with van der Waals surface area (Å²) < 4.78 is 5.72. The number of rotatable bonds is 9. The topological polar surface area (TPSA) is 26.3 Å². The molecule has 0 amide bonds. The SMILES string of the molecule is CC(CCC[C@@H](C)[C@H]1CC[C@H]2[C@@H]3CCC4CCCC[C@]4(C)[C@H]3CC[C@]12C)COC(=O)C(C)c1ccccc1. The van der Waals surface area contributed by atoms with E-state index in [2.05, 4.69) is 27.7 Å². The summed E-state index contributed by atoms with van der Waals surface area (Å²) in [5.41, 5.74) is 2.27. The second-order valence-electron chi connectivity index (χ2n) is 14.9. The normalized spacial score (nSPS) is 38.8. The fourth-order valence-electron chi connectivity index (χ4n) is 10.6. The van der Waals surface area contributed by atoms with E-state index in [1.165, 1.54) is 77.0 Å². The summed E-state index contributed by atoms with van der Waals surface area (Å²) in [7, 11) is 0. The van der Waals surface area contributed by atoms with Gasteiger partial charge < -0.3 is 4.74 Å². The lowest BCUT2D eigenvalue weighted by Gasteiger charge is -2.61. The lowest BCUT2D eigenvalue weighted by Crippen LogP contribution is -2.53. The molecule has 38 heavy (non-hydrogen) atoms. The van der Waals surface area contributed by atoms with Crippen molar-refractivity contribution in [3.63, 3.8) is 0 Å². The third-order valence-electron chi connectivity index (χ3n) is 12.9. The van der Waals surface area contributed by atoms with Gasteiger partial charge in [-0.1, -0.05) is 83.7 Å². The zero-order chi connectivity index (χ0) is 26.9. The van der Waals surface area contributed by atoms with E-state index in [0.717, 1.165) is 47.5 Å². The van der Waals surface area contributed by atoms with E-state index in [0.29, 0.717) is 23.4 Å². The molecule has 4 fully saturated rings. The highest BCUT2D eigenvalue weighted by Crippen LogP contribution is 2.68. The monoisotopic (exact) mass is 520 g/mol. The zero-order valence-corrected chi connectivity index (χ0v) is 25.2. The molecule has 4 saturated carbocycles. The van der Waals surface area contributed by atoms with Gasteiger partial charge in [-0.25, -0.2) is 0 Å². The molecule has 0 aliphatic heterocycles. The van der Waals surface area contributed by atoms with Crippen molar-refractivity contribution in [2.75, 3.05) is 6.61 Å². The Kier molecular flexibility index (Phi) is 8.66. The molecule has 4 aliphatic carbocycles. The van der Waals surface area contributed by atoms with Gasteiger partial charge in [0.2, 0.25) is 0 Å². The van der Waals surface area contributed by atoms with Gasteiger partial charge in [0.05, 0.1) is 12.5 Å². The van der Waals surface area contributed by atoms with Crippen LogP contribution in [0, 0.1) is 52.3 Å². The fraction of sp³-hybridized carbons (Fsp3) is 0.806. The number of fused-ring (bicyclic) bond motifs is 5. The first-order valence-corrected chi connectivity index (χ1v) is 16.5. The van der Waals surface area contributed by atoms with Crippen molar-refractivity contribution in [1.82, 2.24) is 0 Å². The van der Waals surface area contributed by atoms with Crippen LogP contribution in [0.2, 0.25) is 0 Å². The molecule has 10 atom stereocenters. The third kappa shape index (κ3) is 5.36. The number of carbonyl (C=O) groups is 1. The molecule has 1 aromatic carbocycles. The Bertz CT molecular complexity index is 925. The summed E-state index contributed by atoms with van der Waals surface area (Å²) in [6.07, 6.45) is 18.8. The van der Waals surface area contributed by atoms with Crippen molar-refractivity contribution < 1.29 is 9.53 Å². The molecule has 4 aliphatic rings. The van der Waals surface area contributed by atoms with Crippen LogP contribution in [0.4, 0.5) is 0 Å². The number of benzene rings is 1. The van der Waals surface area contributed by atoms with Crippen molar-refractivity contribution in [2.24, 2.45) is 52.3 Å². The van der Waals surface area contributed by atoms with Crippen LogP contribution in [0.3, 0.4) is 0 Å². The van der Waals surface area contributed by atoms with Crippen LogP contribution < -0.4 is 0 Å². The first-order chi connectivity index (χ1) is 18.2. The quantitative estimate of drug-likeness (QED) is 0.303. The average molecular weight is 521 g/mol. The van der Waals surface area contributed by atoms with Crippen molar-refractivity contribution in [3.05, 3.63) is 35.9 Å². The largest absolute Gasteiger partial charge is 0.465 e. The minimum absolute atomic E-state index is 0.0898. The van der Waals surface area contributed by atoms with Crippen LogP contribution in [-0.4, -0.2) is 12.6 Å². The highest BCUT2D eigenvalue weighted by molar-refractivity contribution is 5.77. The van der Waals surface area contributed by atoms with Gasteiger partial charge in [0.1, 0.15) is 0 Å². The second kappa shape index (κ2) is 11.7. The lowest BCUT2D eigenvalue weighted by molar-refractivity contribution is -0.146. The molecule has 0 radical (unpaired) electrons. The Labute approximate surface area is 234 Å². The van der Waals surface area contributed by atoms with Gasteiger partial charge >= 0.3 is 5.97 Å². The molecule has 5 rings (SSSR count). The number of esters is 1. The van der Waals surface area contributed by atoms with Crippen molar-refractivity contribution in [1.29, 1.82) is 0 Å². The Balaban J connectivity index is 1.09. The molecular formula is C36H56O2. The van der Waals surface area contributed by atoms with E-state index in [4.69, 9.17) is 4.74 Å². The Hall–Kier alpha value is -1.31. The number of hydrogen-bond acceptors (Lipinski definition) is 2. The minimum atomic E-state index is -0.190. The second-order valence-corrected chi connectivity index (χ2v) is 14.9. The molecule has 1 aromatic rings. The van der Waals surface area contributed by atoms with E-state index in [-0.39, 0.29) is 11.9 Å². The van der Waals surface area contributed by atoms with Gasteiger partial charge in [0, 0.05) is 0 Å². The van der Waals surface area contributed by atoms with Gasteiger partial charge in [0.25, 0.3) is 0 Å². The molecule has 0 saturated heterocycles. The molecule has 0 N–H and O–H groups in total. The molecule has 3 unspecified atom stereocenters. The summed E-state index contributed by atoms with van der Waals surface area (Å²) in [4.78, 5) is 12.5. The highest BCUT2D eigenvalue weighted by atomic mass is 16.5. The summed E-state index contributed by atoms with van der Waals surface area (Å²) >= 11 is 0. The zero-order valence-electron chi connectivity index (χ0n) is 25.2. The number of hydrogen-bond donors (Lipinski definition) is 0. The molecule has 212 valence electrons. The number of carbonyl (C=O) groups excluding carboxylic acids is 1. The van der Waals surface area contributed by atoms with Gasteiger partial charge in [-0.3, -0.25) is 4.79 Å². The maximum atomic E-state index is 12.5. The van der Waals surface area contributed by atoms with E-state index in [9.17, 15) is 4.79 Å². The van der Waals surface area contributed by atoms with Crippen LogP contribution >= 0.6 is 0 Å². The highest BCUT2D eigenvalue weighted by Gasteiger charge is 2.60. The lowest BCUT2D eigenvalue weighted by atomic mass is 9.44. The standard InChI is InChI=1S/C36H56O2/c1-25(24-38-34(37)27(3)28-14-7-6-8-15-28)12-11-13-26(2)31-19-20-32-30-18-17-29-16-9-10-22-35(29,4)33(30)21-23-36(31,32)5/h6-8,14-15,25-27,29-33H,9-13,16-24H2,1-5H3/t25?,26-,27?,29?,30+,31-,32+,33+,35+,36-/m1/s1. The maximum Gasteiger partial charge on any atom is 0.313 e. The molecule has 0 spiro atoms. The summed E-state index contributed by atoms with van der Waals surface area (Å²) in [5, 5.41) is 0. The van der Waals surface area contributed by atoms with E-state index >= 15 is 0 Å². The van der Waals surface area contributed by atoms with E-state index < -0.39 is 0 Å². The Morgan fingerprint density at radius 1 is 0.868 bits per heavy atom. The van der Waals surface area contributed by atoms with Crippen LogP contribution in [0.5, 0.6) is 0 Å². The molecule has 0 bridgehead atoms. The summed E-state index contributed by atoms with van der Waals surface area (Å²) in [6, 6.07) is 9.99. The predicted molar refractivity (Wildman–Crippen MR) is 158 cm³/mol. The Morgan fingerprint density at radius 3 is 2.42 bits per heavy atom. The van der Waals surface area contributed by atoms with Crippen molar-refractivity contribution in [3.8, 4) is 0 Å². The third-order valence-corrected chi connectivity index (χ3v) is 12.9. The van der Waals surface area contributed by atoms with Crippen molar-refractivity contribution >= 4 is 5.97 Å². The summed E-state index contributed by atoms with van der Waals surface area (Å²) in [6.45, 7) is 12.8. The van der Waals surface area contributed by atoms with Gasteiger partial charge in [-0.15, -0.1) is 0 Å². The Morgan fingerprint density at radius 2 is 1.63 bits per heavy atom. The first-order valence-electron chi connectivity index (χ1n) is 16.5. The van der Waals surface area contributed by atoms with Crippen LogP contribution in [-0.2, 0) is 9.53 Å². The average Bonchev–Trinajstić information content (AvgIpc) is 3.28. The van der Waals surface area contributed by atoms with Crippen LogP contribution in [0.15, 0.2) is 30.3 Å². The molecular weight excluding hydrogens is 464 g/mol.